The third kappa shape index (κ3) is 3.19. The molecule has 0 aliphatic carbocycles. The normalized spacial score (nSPS) is 12.3. The van der Waals surface area contributed by atoms with Crippen LogP contribution in [-0.4, -0.2) is 4.98 Å². The van der Waals surface area contributed by atoms with Gasteiger partial charge in [0, 0.05) is 11.3 Å². The van der Waals surface area contributed by atoms with Gasteiger partial charge in [-0.25, -0.2) is 0 Å². The zero-order chi connectivity index (χ0) is 12.8. The highest BCUT2D eigenvalue weighted by Crippen LogP contribution is 2.23. The van der Waals surface area contributed by atoms with Crippen LogP contribution in [0.3, 0.4) is 0 Å². The lowest BCUT2D eigenvalue weighted by Gasteiger charge is -2.11. The predicted octanol–water partition coefficient (Wildman–Crippen LogP) is 5.04. The zero-order valence-corrected chi connectivity index (χ0v) is 11.3. The number of rotatable bonds is 5. The molecule has 18 heavy (non-hydrogen) atoms. The summed E-state index contributed by atoms with van der Waals surface area (Å²) in [6.45, 7) is 4.51. The van der Waals surface area contributed by atoms with E-state index in [0.29, 0.717) is 5.92 Å². The highest BCUT2D eigenvalue weighted by atomic mass is 14.7. The molecule has 0 amide bonds. The Morgan fingerprint density at radius 1 is 1.00 bits per heavy atom. The van der Waals surface area contributed by atoms with Crippen molar-refractivity contribution in [1.29, 1.82) is 0 Å². The molecule has 0 spiro atoms. The van der Waals surface area contributed by atoms with E-state index in [9.17, 15) is 0 Å². The molecule has 1 nitrogen and oxygen atoms in total. The number of aromatic nitrogens is 1. The van der Waals surface area contributed by atoms with E-state index in [4.69, 9.17) is 4.98 Å². The van der Waals surface area contributed by atoms with Crippen molar-refractivity contribution in [1.82, 2.24) is 4.98 Å². The van der Waals surface area contributed by atoms with Crippen LogP contribution in [0.5, 0.6) is 0 Å². The molecular formula is C17H21N. The molecule has 0 radical (unpaired) electrons. The number of benzene rings is 1. The monoisotopic (exact) mass is 239 g/mol. The molecule has 0 saturated carbocycles. The van der Waals surface area contributed by atoms with Crippen molar-refractivity contribution in [3.63, 3.8) is 0 Å². The Kier molecular flexibility index (Phi) is 4.52. The molecule has 0 N–H and O–H groups in total. The maximum Gasteiger partial charge on any atom is 0.0705 e. The SMILES string of the molecule is CCCC[C@@H](C)c1cccc(-c2ccccc2)n1. The van der Waals surface area contributed by atoms with Crippen LogP contribution in [0.2, 0.25) is 0 Å². The number of unbranched alkanes of at least 4 members (excludes halogenated alkanes) is 1. The van der Waals surface area contributed by atoms with Crippen LogP contribution in [0.25, 0.3) is 11.3 Å². The summed E-state index contributed by atoms with van der Waals surface area (Å²) in [6, 6.07) is 16.7. The van der Waals surface area contributed by atoms with E-state index < -0.39 is 0 Å². The quantitative estimate of drug-likeness (QED) is 0.712. The third-order valence-corrected chi connectivity index (χ3v) is 3.34. The first-order chi connectivity index (χ1) is 8.81. The number of hydrogen-bond acceptors (Lipinski definition) is 1. The first kappa shape index (κ1) is 12.8. The van der Waals surface area contributed by atoms with E-state index in [1.165, 1.54) is 30.5 Å². The molecule has 0 fully saturated rings. The fourth-order valence-electron chi connectivity index (χ4n) is 2.15. The molecule has 0 aliphatic heterocycles. The Labute approximate surface area is 110 Å². The van der Waals surface area contributed by atoms with Gasteiger partial charge in [0.2, 0.25) is 0 Å². The molecule has 2 rings (SSSR count). The fourth-order valence-corrected chi connectivity index (χ4v) is 2.15. The van der Waals surface area contributed by atoms with Crippen LogP contribution in [0, 0.1) is 0 Å². The van der Waals surface area contributed by atoms with Crippen LogP contribution in [0.1, 0.15) is 44.7 Å². The van der Waals surface area contributed by atoms with Gasteiger partial charge in [0.15, 0.2) is 0 Å². The van der Waals surface area contributed by atoms with Crippen molar-refractivity contribution in [2.24, 2.45) is 0 Å². The van der Waals surface area contributed by atoms with Gasteiger partial charge in [-0.05, 0) is 24.5 Å². The van der Waals surface area contributed by atoms with Gasteiger partial charge in [0.1, 0.15) is 0 Å². The standard InChI is InChI=1S/C17H21N/c1-3-4-9-14(2)16-12-8-13-17(18-16)15-10-6-5-7-11-15/h5-8,10-14H,3-4,9H2,1-2H3/t14-/m1/s1. The van der Waals surface area contributed by atoms with Gasteiger partial charge >= 0.3 is 0 Å². The van der Waals surface area contributed by atoms with Gasteiger partial charge in [-0.3, -0.25) is 4.98 Å². The minimum absolute atomic E-state index is 0.550. The Hall–Kier alpha value is -1.63. The Bertz CT molecular complexity index is 476. The van der Waals surface area contributed by atoms with Crippen LogP contribution >= 0.6 is 0 Å². The third-order valence-electron chi connectivity index (χ3n) is 3.34. The van der Waals surface area contributed by atoms with Crippen LogP contribution in [0.4, 0.5) is 0 Å². The first-order valence-corrected chi connectivity index (χ1v) is 6.83. The first-order valence-electron chi connectivity index (χ1n) is 6.83. The minimum Gasteiger partial charge on any atom is -0.253 e. The van der Waals surface area contributed by atoms with E-state index in [2.05, 4.69) is 56.3 Å². The lowest BCUT2D eigenvalue weighted by atomic mass is 9.99. The van der Waals surface area contributed by atoms with Crippen molar-refractivity contribution in [2.45, 2.75) is 39.0 Å². The van der Waals surface area contributed by atoms with Gasteiger partial charge in [0.05, 0.1) is 5.69 Å². The average Bonchev–Trinajstić information content (AvgIpc) is 2.46. The Balaban J connectivity index is 2.20. The molecule has 0 aliphatic rings. The largest absolute Gasteiger partial charge is 0.253 e. The molecular weight excluding hydrogens is 218 g/mol. The lowest BCUT2D eigenvalue weighted by Crippen LogP contribution is -1.98. The minimum atomic E-state index is 0.550. The van der Waals surface area contributed by atoms with Crippen LogP contribution < -0.4 is 0 Å². The van der Waals surface area contributed by atoms with E-state index >= 15 is 0 Å². The molecule has 1 aromatic heterocycles. The topological polar surface area (TPSA) is 12.9 Å². The molecule has 1 heteroatoms. The van der Waals surface area contributed by atoms with Crippen molar-refractivity contribution in [3.8, 4) is 11.3 Å². The second-order valence-electron chi connectivity index (χ2n) is 4.86. The Morgan fingerprint density at radius 2 is 1.78 bits per heavy atom. The van der Waals surface area contributed by atoms with E-state index in [-0.39, 0.29) is 0 Å². The maximum absolute atomic E-state index is 4.80. The van der Waals surface area contributed by atoms with E-state index in [1.54, 1.807) is 0 Å². The number of nitrogens with zero attached hydrogens (tertiary/aromatic N) is 1. The highest BCUT2D eigenvalue weighted by molar-refractivity contribution is 5.58. The van der Waals surface area contributed by atoms with Crippen molar-refractivity contribution >= 4 is 0 Å². The summed E-state index contributed by atoms with van der Waals surface area (Å²) in [5, 5.41) is 0. The van der Waals surface area contributed by atoms with Gasteiger partial charge in [-0.2, -0.15) is 0 Å². The molecule has 0 unspecified atom stereocenters. The molecule has 94 valence electrons. The van der Waals surface area contributed by atoms with E-state index in [0.717, 1.165) is 5.69 Å². The highest BCUT2D eigenvalue weighted by Gasteiger charge is 2.07. The van der Waals surface area contributed by atoms with Crippen LogP contribution in [0.15, 0.2) is 48.5 Å². The second kappa shape index (κ2) is 6.34. The summed E-state index contributed by atoms with van der Waals surface area (Å²) < 4.78 is 0. The van der Waals surface area contributed by atoms with Gasteiger partial charge in [-0.15, -0.1) is 0 Å². The molecule has 2 aromatic rings. The number of hydrogen-bond donors (Lipinski definition) is 0. The van der Waals surface area contributed by atoms with Gasteiger partial charge in [0.25, 0.3) is 0 Å². The summed E-state index contributed by atoms with van der Waals surface area (Å²) in [5.74, 6) is 0.550. The molecule has 1 aromatic carbocycles. The summed E-state index contributed by atoms with van der Waals surface area (Å²) in [5.41, 5.74) is 3.49. The maximum atomic E-state index is 4.80. The molecule has 1 heterocycles. The van der Waals surface area contributed by atoms with Gasteiger partial charge < -0.3 is 0 Å². The molecule has 1 atom stereocenters. The summed E-state index contributed by atoms with van der Waals surface area (Å²) in [4.78, 5) is 4.80. The summed E-state index contributed by atoms with van der Waals surface area (Å²) in [7, 11) is 0. The fraction of sp³-hybridized carbons (Fsp3) is 0.353. The lowest BCUT2D eigenvalue weighted by molar-refractivity contribution is 0.612. The van der Waals surface area contributed by atoms with Gasteiger partial charge in [-0.1, -0.05) is 63.1 Å². The van der Waals surface area contributed by atoms with Crippen LogP contribution in [-0.2, 0) is 0 Å². The van der Waals surface area contributed by atoms with Crippen molar-refractivity contribution < 1.29 is 0 Å². The van der Waals surface area contributed by atoms with Crippen molar-refractivity contribution in [2.75, 3.05) is 0 Å². The van der Waals surface area contributed by atoms with Crippen molar-refractivity contribution in [3.05, 3.63) is 54.2 Å². The molecule has 0 bridgehead atoms. The second-order valence-corrected chi connectivity index (χ2v) is 4.86. The average molecular weight is 239 g/mol. The zero-order valence-electron chi connectivity index (χ0n) is 11.3. The number of pyridine rings is 1. The molecule has 0 saturated heterocycles. The van der Waals surface area contributed by atoms with E-state index in [1.807, 2.05) is 6.07 Å². The summed E-state index contributed by atoms with van der Waals surface area (Å²) in [6.07, 6.45) is 3.75. The summed E-state index contributed by atoms with van der Waals surface area (Å²) >= 11 is 0. The predicted molar refractivity (Wildman–Crippen MR) is 77.6 cm³/mol. The smallest absolute Gasteiger partial charge is 0.0705 e. The Morgan fingerprint density at radius 3 is 2.50 bits per heavy atom.